The van der Waals surface area contributed by atoms with Gasteiger partial charge in [-0.05, 0) is 47.6 Å². The summed E-state index contributed by atoms with van der Waals surface area (Å²) >= 11 is 0. The molecule has 0 saturated carbocycles. The van der Waals surface area contributed by atoms with Gasteiger partial charge in [0.25, 0.3) is 0 Å². The van der Waals surface area contributed by atoms with Crippen LogP contribution < -0.4 is 11.5 Å². The van der Waals surface area contributed by atoms with E-state index in [4.69, 9.17) is 16.5 Å². The maximum atomic E-state index is 11.3. The Morgan fingerprint density at radius 1 is 0.964 bits per heavy atom. The highest BCUT2D eigenvalue weighted by molar-refractivity contribution is 5.77. The average molecular weight is 374 g/mol. The Morgan fingerprint density at radius 2 is 1.64 bits per heavy atom. The Labute approximate surface area is 165 Å². The molecule has 5 heteroatoms. The first kappa shape index (κ1) is 19.7. The van der Waals surface area contributed by atoms with Gasteiger partial charge < -0.3 is 11.5 Å². The smallest absolute Gasteiger partial charge is 0.221 e. The van der Waals surface area contributed by atoms with E-state index in [9.17, 15) is 4.79 Å². The van der Waals surface area contributed by atoms with E-state index >= 15 is 0 Å². The third-order valence-electron chi connectivity index (χ3n) is 4.86. The second-order valence-corrected chi connectivity index (χ2v) is 7.03. The lowest BCUT2D eigenvalue weighted by atomic mass is 9.98. The van der Waals surface area contributed by atoms with Gasteiger partial charge in [0.1, 0.15) is 5.82 Å². The molecule has 1 heterocycles. The van der Waals surface area contributed by atoms with E-state index in [1.165, 1.54) is 5.56 Å². The summed E-state index contributed by atoms with van der Waals surface area (Å²) in [4.78, 5) is 20.6. The number of hydrogen-bond acceptors (Lipinski definition) is 4. The number of amides is 1. The zero-order chi connectivity index (χ0) is 19.9. The van der Waals surface area contributed by atoms with Crippen molar-refractivity contribution >= 4 is 5.91 Å². The van der Waals surface area contributed by atoms with Crippen LogP contribution in [0.3, 0.4) is 0 Å². The SMILES string of the molecule is Cc1cnc(Cc2ccc(CN)cc2)nc1CCc1ccccc1CC(N)=O. The fourth-order valence-electron chi connectivity index (χ4n) is 3.25. The van der Waals surface area contributed by atoms with Crippen LogP contribution >= 0.6 is 0 Å². The highest BCUT2D eigenvalue weighted by atomic mass is 16.1. The van der Waals surface area contributed by atoms with E-state index in [1.807, 2.05) is 43.5 Å². The maximum Gasteiger partial charge on any atom is 0.221 e. The topological polar surface area (TPSA) is 94.9 Å². The number of carbonyl (C=O) groups excluding carboxylic acids is 1. The molecule has 1 aromatic heterocycles. The zero-order valence-corrected chi connectivity index (χ0v) is 16.2. The minimum absolute atomic E-state index is 0.267. The van der Waals surface area contributed by atoms with Gasteiger partial charge in [-0.25, -0.2) is 9.97 Å². The Morgan fingerprint density at radius 3 is 2.32 bits per heavy atom. The van der Waals surface area contributed by atoms with Gasteiger partial charge in [0.15, 0.2) is 0 Å². The fraction of sp³-hybridized carbons (Fsp3) is 0.261. The molecule has 1 amide bonds. The summed E-state index contributed by atoms with van der Waals surface area (Å²) in [5, 5.41) is 0. The number of hydrogen-bond donors (Lipinski definition) is 2. The molecule has 0 aliphatic heterocycles. The molecule has 0 radical (unpaired) electrons. The highest BCUT2D eigenvalue weighted by Crippen LogP contribution is 2.15. The van der Waals surface area contributed by atoms with Gasteiger partial charge in [-0.2, -0.15) is 0 Å². The predicted octanol–water partition coefficient (Wildman–Crippen LogP) is 2.65. The molecule has 2 aromatic carbocycles. The maximum absolute atomic E-state index is 11.3. The van der Waals surface area contributed by atoms with E-state index in [1.54, 1.807) is 0 Å². The summed E-state index contributed by atoms with van der Waals surface area (Å²) in [6.07, 6.45) is 4.45. The molecule has 0 bridgehead atoms. The van der Waals surface area contributed by atoms with Crippen molar-refractivity contribution in [3.05, 3.63) is 94.1 Å². The highest BCUT2D eigenvalue weighted by Gasteiger charge is 2.09. The van der Waals surface area contributed by atoms with Crippen LogP contribution in [0.1, 0.15) is 39.3 Å². The lowest BCUT2D eigenvalue weighted by molar-refractivity contribution is -0.117. The van der Waals surface area contributed by atoms with Crippen LogP contribution in [-0.4, -0.2) is 15.9 Å². The van der Waals surface area contributed by atoms with Gasteiger partial charge in [-0.1, -0.05) is 48.5 Å². The average Bonchev–Trinajstić information content (AvgIpc) is 2.69. The Bertz CT molecular complexity index is 951. The van der Waals surface area contributed by atoms with Crippen LogP contribution in [-0.2, 0) is 37.0 Å². The van der Waals surface area contributed by atoms with Crippen molar-refractivity contribution in [3.8, 4) is 0 Å². The number of primary amides is 1. The quantitative estimate of drug-likeness (QED) is 0.634. The second-order valence-electron chi connectivity index (χ2n) is 7.03. The normalized spacial score (nSPS) is 10.8. The molecule has 0 aliphatic rings. The number of aryl methyl sites for hydroxylation is 3. The van der Waals surface area contributed by atoms with E-state index in [0.29, 0.717) is 13.0 Å². The van der Waals surface area contributed by atoms with Crippen LogP contribution in [0.4, 0.5) is 0 Å². The number of benzene rings is 2. The number of aromatic nitrogens is 2. The van der Waals surface area contributed by atoms with Gasteiger partial charge in [0.2, 0.25) is 5.91 Å². The molecular weight excluding hydrogens is 348 g/mol. The summed E-state index contributed by atoms with van der Waals surface area (Å²) in [7, 11) is 0. The van der Waals surface area contributed by atoms with Crippen molar-refractivity contribution in [2.75, 3.05) is 0 Å². The summed E-state index contributed by atoms with van der Waals surface area (Å²) in [5.41, 5.74) is 17.5. The molecule has 4 N–H and O–H groups in total. The summed E-state index contributed by atoms with van der Waals surface area (Å²) in [6.45, 7) is 2.58. The van der Waals surface area contributed by atoms with Gasteiger partial charge in [0, 0.05) is 24.9 Å². The first-order chi connectivity index (χ1) is 13.5. The molecule has 5 nitrogen and oxygen atoms in total. The van der Waals surface area contributed by atoms with E-state index in [-0.39, 0.29) is 12.3 Å². The van der Waals surface area contributed by atoms with Crippen LogP contribution in [0.5, 0.6) is 0 Å². The van der Waals surface area contributed by atoms with Gasteiger partial charge in [-0.15, -0.1) is 0 Å². The zero-order valence-electron chi connectivity index (χ0n) is 16.2. The van der Waals surface area contributed by atoms with Crippen molar-refractivity contribution in [1.82, 2.24) is 9.97 Å². The molecule has 0 saturated heterocycles. The molecule has 144 valence electrons. The van der Waals surface area contributed by atoms with Gasteiger partial charge in [0.05, 0.1) is 6.42 Å². The Kier molecular flexibility index (Phi) is 6.50. The van der Waals surface area contributed by atoms with Crippen molar-refractivity contribution in [2.24, 2.45) is 11.5 Å². The van der Waals surface area contributed by atoms with Crippen molar-refractivity contribution in [3.63, 3.8) is 0 Å². The molecule has 0 aliphatic carbocycles. The fourth-order valence-corrected chi connectivity index (χ4v) is 3.25. The van der Waals surface area contributed by atoms with Crippen LogP contribution in [0, 0.1) is 6.92 Å². The van der Waals surface area contributed by atoms with Crippen molar-refractivity contribution in [1.29, 1.82) is 0 Å². The summed E-state index contributed by atoms with van der Waals surface area (Å²) in [5.74, 6) is 0.500. The minimum Gasteiger partial charge on any atom is -0.369 e. The molecule has 0 spiro atoms. The Hall–Kier alpha value is -3.05. The third-order valence-corrected chi connectivity index (χ3v) is 4.86. The lowest BCUT2D eigenvalue weighted by Gasteiger charge is -2.10. The molecular formula is C23H26N4O. The lowest BCUT2D eigenvalue weighted by Crippen LogP contribution is -2.15. The van der Waals surface area contributed by atoms with Crippen LogP contribution in [0.2, 0.25) is 0 Å². The number of nitrogens with two attached hydrogens (primary N) is 2. The molecule has 28 heavy (non-hydrogen) atoms. The number of nitrogens with zero attached hydrogens (tertiary/aromatic N) is 2. The van der Waals surface area contributed by atoms with Gasteiger partial charge in [-0.3, -0.25) is 4.79 Å². The van der Waals surface area contributed by atoms with E-state index in [2.05, 4.69) is 23.2 Å². The second kappa shape index (κ2) is 9.24. The van der Waals surface area contributed by atoms with Gasteiger partial charge >= 0.3 is 0 Å². The summed E-state index contributed by atoms with van der Waals surface area (Å²) < 4.78 is 0. The molecule has 3 aromatic rings. The van der Waals surface area contributed by atoms with E-state index in [0.717, 1.165) is 46.6 Å². The number of rotatable bonds is 8. The molecule has 0 fully saturated rings. The van der Waals surface area contributed by atoms with Crippen molar-refractivity contribution < 1.29 is 4.79 Å². The summed E-state index contributed by atoms with van der Waals surface area (Å²) in [6, 6.07) is 16.2. The molecule has 3 rings (SSSR count). The molecule has 0 atom stereocenters. The monoisotopic (exact) mass is 374 g/mol. The van der Waals surface area contributed by atoms with Crippen LogP contribution in [0.25, 0.3) is 0 Å². The standard InChI is InChI=1S/C23H26N4O/c1-16-15-26-23(12-17-6-8-18(14-24)9-7-17)27-21(16)11-10-19-4-2-3-5-20(19)13-22(25)28/h2-9,15H,10-14,24H2,1H3,(H2,25,28). The predicted molar refractivity (Wildman–Crippen MR) is 111 cm³/mol. The largest absolute Gasteiger partial charge is 0.369 e. The number of carbonyl (C=O) groups is 1. The first-order valence-electron chi connectivity index (χ1n) is 9.49. The van der Waals surface area contributed by atoms with E-state index < -0.39 is 0 Å². The van der Waals surface area contributed by atoms with Crippen LogP contribution in [0.15, 0.2) is 54.7 Å². The minimum atomic E-state index is -0.311. The van der Waals surface area contributed by atoms with Crippen molar-refractivity contribution in [2.45, 2.75) is 39.2 Å². The Balaban J connectivity index is 1.72. The first-order valence-corrected chi connectivity index (χ1v) is 9.49. The molecule has 0 unspecified atom stereocenters. The third kappa shape index (κ3) is 5.24.